The Morgan fingerprint density at radius 3 is 3.06 bits per heavy atom. The molecule has 1 heterocycles. The van der Waals surface area contributed by atoms with E-state index in [2.05, 4.69) is 33.7 Å². The van der Waals surface area contributed by atoms with Gasteiger partial charge in [-0.1, -0.05) is 13.0 Å². The number of ether oxygens (including phenoxy) is 1. The van der Waals surface area contributed by atoms with Gasteiger partial charge in [-0.2, -0.15) is 0 Å². The van der Waals surface area contributed by atoms with Gasteiger partial charge in [0.05, 0.1) is 18.8 Å². The number of aliphatic imine (C=N–C) groups is 1. The Morgan fingerprint density at radius 1 is 1.56 bits per heavy atom. The van der Waals surface area contributed by atoms with E-state index in [4.69, 9.17) is 10.6 Å². The highest BCUT2D eigenvalue weighted by Crippen LogP contribution is 2.06. The lowest BCUT2D eigenvalue weighted by molar-refractivity contribution is 0.203. The summed E-state index contributed by atoms with van der Waals surface area (Å²) in [5.74, 6) is 5.93. The molecule has 0 fully saturated rings. The fourth-order valence-corrected chi connectivity index (χ4v) is 1.51. The first-order chi connectivity index (χ1) is 8.81. The Hall–Kier alpha value is -1.66. The van der Waals surface area contributed by atoms with Crippen molar-refractivity contribution in [2.24, 2.45) is 10.8 Å². The number of nitrogens with one attached hydrogen (secondary N) is 2. The molecule has 0 radical (unpaired) electrons. The molecular formula is C12H21N5O. The van der Waals surface area contributed by atoms with Gasteiger partial charge in [0.2, 0.25) is 5.96 Å². The molecule has 0 spiro atoms. The van der Waals surface area contributed by atoms with Gasteiger partial charge in [0.25, 0.3) is 0 Å². The Kier molecular flexibility index (Phi) is 6.75. The van der Waals surface area contributed by atoms with Gasteiger partial charge in [-0.15, -0.1) is 0 Å². The van der Waals surface area contributed by atoms with Gasteiger partial charge >= 0.3 is 0 Å². The quantitative estimate of drug-likeness (QED) is 0.221. The fraction of sp³-hybridized carbons (Fsp3) is 0.500. The van der Waals surface area contributed by atoms with Crippen molar-refractivity contribution < 1.29 is 4.74 Å². The van der Waals surface area contributed by atoms with Crippen molar-refractivity contribution in [1.29, 1.82) is 0 Å². The zero-order chi connectivity index (χ0) is 13.2. The fourth-order valence-electron chi connectivity index (χ4n) is 1.51. The number of guanidine groups is 1. The maximum atomic E-state index is 5.39. The summed E-state index contributed by atoms with van der Waals surface area (Å²) in [4.78, 5) is 8.67. The van der Waals surface area contributed by atoms with Crippen molar-refractivity contribution in [3.63, 3.8) is 0 Å². The first-order valence-corrected chi connectivity index (χ1v) is 5.98. The third kappa shape index (κ3) is 4.68. The minimum absolute atomic E-state index is 0.504. The van der Waals surface area contributed by atoms with Gasteiger partial charge < -0.3 is 10.1 Å². The van der Waals surface area contributed by atoms with Gasteiger partial charge in [0.15, 0.2) is 0 Å². The molecule has 0 aliphatic rings. The third-order valence-corrected chi connectivity index (χ3v) is 2.49. The molecular weight excluding hydrogens is 230 g/mol. The van der Waals surface area contributed by atoms with Crippen LogP contribution in [-0.2, 0) is 17.7 Å². The standard InChI is InChI=1S/C12H21N5O/c1-3-10-5-4-6-14-11(10)9-16-12(17-13)15-7-8-18-2/h4-6H,3,7-9,13H2,1-2H3,(H2,15,16,17). The summed E-state index contributed by atoms with van der Waals surface area (Å²) in [6.45, 7) is 3.86. The Morgan fingerprint density at radius 2 is 2.39 bits per heavy atom. The highest BCUT2D eigenvalue weighted by atomic mass is 16.5. The molecule has 1 aromatic rings. The number of aryl methyl sites for hydroxylation is 1. The van der Waals surface area contributed by atoms with Crippen LogP contribution < -0.4 is 16.6 Å². The average Bonchev–Trinajstić information content (AvgIpc) is 2.43. The highest BCUT2D eigenvalue weighted by molar-refractivity contribution is 5.79. The van der Waals surface area contributed by atoms with Gasteiger partial charge in [-0.05, 0) is 18.1 Å². The van der Waals surface area contributed by atoms with E-state index in [0.717, 1.165) is 12.1 Å². The lowest BCUT2D eigenvalue weighted by atomic mass is 10.1. The summed E-state index contributed by atoms with van der Waals surface area (Å²) in [7, 11) is 1.65. The van der Waals surface area contributed by atoms with Gasteiger partial charge in [-0.25, -0.2) is 10.8 Å². The van der Waals surface area contributed by atoms with Crippen molar-refractivity contribution in [3.8, 4) is 0 Å². The maximum absolute atomic E-state index is 5.39. The second-order valence-corrected chi connectivity index (χ2v) is 3.69. The van der Waals surface area contributed by atoms with Crippen LogP contribution in [0.4, 0.5) is 0 Å². The van der Waals surface area contributed by atoms with Crippen LogP contribution in [0.15, 0.2) is 23.3 Å². The van der Waals surface area contributed by atoms with Crippen LogP contribution >= 0.6 is 0 Å². The number of aromatic nitrogens is 1. The van der Waals surface area contributed by atoms with Crippen LogP contribution in [0, 0.1) is 0 Å². The van der Waals surface area contributed by atoms with E-state index >= 15 is 0 Å². The highest BCUT2D eigenvalue weighted by Gasteiger charge is 2.01. The Labute approximate surface area is 108 Å². The van der Waals surface area contributed by atoms with E-state index in [9.17, 15) is 0 Å². The summed E-state index contributed by atoms with van der Waals surface area (Å²) >= 11 is 0. The van der Waals surface area contributed by atoms with Crippen molar-refractivity contribution in [2.45, 2.75) is 19.9 Å². The Bertz CT molecular complexity index is 380. The second kappa shape index (κ2) is 8.43. The van der Waals surface area contributed by atoms with Gasteiger partial charge in [0, 0.05) is 19.9 Å². The molecule has 0 aliphatic heterocycles. The van der Waals surface area contributed by atoms with E-state index < -0.39 is 0 Å². The van der Waals surface area contributed by atoms with Crippen LogP contribution in [0.1, 0.15) is 18.2 Å². The molecule has 0 aliphatic carbocycles. The molecule has 1 rings (SSSR count). The number of hydrogen-bond donors (Lipinski definition) is 3. The molecule has 0 unspecified atom stereocenters. The lowest BCUT2D eigenvalue weighted by Gasteiger charge is -2.09. The Balaban J connectivity index is 2.59. The van der Waals surface area contributed by atoms with E-state index in [-0.39, 0.29) is 0 Å². The molecule has 0 bridgehead atoms. The van der Waals surface area contributed by atoms with Crippen LogP contribution in [0.2, 0.25) is 0 Å². The molecule has 1 aromatic heterocycles. The minimum atomic E-state index is 0.504. The number of nitrogens with two attached hydrogens (primary N) is 1. The van der Waals surface area contributed by atoms with Crippen LogP contribution in [0.25, 0.3) is 0 Å². The molecule has 4 N–H and O–H groups in total. The average molecular weight is 251 g/mol. The van der Waals surface area contributed by atoms with Crippen molar-refractivity contribution in [1.82, 2.24) is 15.7 Å². The summed E-state index contributed by atoms with van der Waals surface area (Å²) in [6.07, 6.45) is 2.72. The van der Waals surface area contributed by atoms with E-state index in [1.54, 1.807) is 13.3 Å². The predicted molar refractivity (Wildman–Crippen MR) is 72.0 cm³/mol. The van der Waals surface area contributed by atoms with Crippen molar-refractivity contribution in [3.05, 3.63) is 29.6 Å². The summed E-state index contributed by atoms with van der Waals surface area (Å²) < 4.78 is 4.94. The SMILES string of the molecule is CCc1cccnc1CN=C(NN)NCCOC. The molecule has 0 saturated heterocycles. The molecule has 6 heteroatoms. The minimum Gasteiger partial charge on any atom is -0.383 e. The number of hydrazine groups is 1. The first-order valence-electron chi connectivity index (χ1n) is 5.98. The van der Waals surface area contributed by atoms with E-state index in [1.165, 1.54) is 5.56 Å². The predicted octanol–water partition coefficient (Wildman–Crippen LogP) is 0.199. The third-order valence-electron chi connectivity index (χ3n) is 2.49. The van der Waals surface area contributed by atoms with Crippen LogP contribution in [0.5, 0.6) is 0 Å². The van der Waals surface area contributed by atoms with E-state index in [0.29, 0.717) is 25.7 Å². The number of methoxy groups -OCH3 is 1. The normalized spacial score (nSPS) is 11.4. The van der Waals surface area contributed by atoms with Crippen molar-refractivity contribution in [2.75, 3.05) is 20.3 Å². The smallest absolute Gasteiger partial charge is 0.206 e. The molecule has 100 valence electrons. The topological polar surface area (TPSA) is 84.6 Å². The zero-order valence-corrected chi connectivity index (χ0v) is 10.9. The molecule has 6 nitrogen and oxygen atoms in total. The second-order valence-electron chi connectivity index (χ2n) is 3.69. The first kappa shape index (κ1) is 14.4. The molecule has 0 aromatic carbocycles. The summed E-state index contributed by atoms with van der Waals surface area (Å²) in [5.41, 5.74) is 4.70. The van der Waals surface area contributed by atoms with Crippen LogP contribution in [0.3, 0.4) is 0 Å². The lowest BCUT2D eigenvalue weighted by Crippen LogP contribution is -2.42. The van der Waals surface area contributed by atoms with Crippen molar-refractivity contribution >= 4 is 5.96 Å². The maximum Gasteiger partial charge on any atom is 0.206 e. The van der Waals surface area contributed by atoms with Gasteiger partial charge in [0.1, 0.15) is 0 Å². The van der Waals surface area contributed by atoms with Crippen LogP contribution in [-0.4, -0.2) is 31.2 Å². The summed E-state index contributed by atoms with van der Waals surface area (Å²) in [5, 5.41) is 3.04. The number of rotatable bonds is 6. The van der Waals surface area contributed by atoms with E-state index in [1.807, 2.05) is 6.07 Å². The van der Waals surface area contributed by atoms with Gasteiger partial charge in [-0.3, -0.25) is 10.4 Å². The monoisotopic (exact) mass is 251 g/mol. The molecule has 0 saturated carbocycles. The molecule has 0 atom stereocenters. The zero-order valence-electron chi connectivity index (χ0n) is 10.9. The molecule has 0 amide bonds. The summed E-state index contributed by atoms with van der Waals surface area (Å²) in [6, 6.07) is 4.00. The number of pyridine rings is 1. The largest absolute Gasteiger partial charge is 0.383 e. The molecule has 18 heavy (non-hydrogen) atoms. The number of hydrogen-bond acceptors (Lipinski definition) is 4. The number of nitrogens with zero attached hydrogens (tertiary/aromatic N) is 2.